The molecule has 2 fully saturated rings. The second kappa shape index (κ2) is 6.02. The minimum Gasteiger partial charge on any atom is -0.480 e. The zero-order valence-electron chi connectivity index (χ0n) is 11.6. The van der Waals surface area contributed by atoms with Crippen LogP contribution >= 0.6 is 0 Å². The smallest absolute Gasteiger partial charge is 0.320 e. The van der Waals surface area contributed by atoms with Crippen LogP contribution in [-0.4, -0.2) is 46.7 Å². The van der Waals surface area contributed by atoms with Crippen molar-refractivity contribution in [2.24, 2.45) is 0 Å². The van der Waals surface area contributed by atoms with E-state index >= 15 is 0 Å². The molecule has 0 aromatic carbocycles. The number of nitrogens with one attached hydrogen (secondary N) is 1. The number of likely N-dealkylation sites (tertiary alicyclic amines) is 1. The summed E-state index contributed by atoms with van der Waals surface area (Å²) < 4.78 is 0. The van der Waals surface area contributed by atoms with Gasteiger partial charge in [-0.3, -0.25) is 9.69 Å². The van der Waals surface area contributed by atoms with Crippen LogP contribution in [0.1, 0.15) is 52.4 Å². The fourth-order valence-corrected chi connectivity index (χ4v) is 3.06. The summed E-state index contributed by atoms with van der Waals surface area (Å²) in [7, 11) is 0. The molecule has 1 aliphatic carbocycles. The average molecular weight is 254 g/mol. The number of aliphatic carboxylic acids is 1. The van der Waals surface area contributed by atoms with E-state index in [0.29, 0.717) is 18.1 Å². The molecule has 0 spiro atoms. The Morgan fingerprint density at radius 2 is 2.11 bits per heavy atom. The van der Waals surface area contributed by atoms with Crippen LogP contribution < -0.4 is 5.32 Å². The second-order valence-electron chi connectivity index (χ2n) is 5.85. The number of carboxylic acids is 1. The van der Waals surface area contributed by atoms with Crippen molar-refractivity contribution in [1.82, 2.24) is 10.2 Å². The lowest BCUT2D eigenvalue weighted by Gasteiger charge is -2.29. The Morgan fingerprint density at radius 1 is 1.39 bits per heavy atom. The summed E-state index contributed by atoms with van der Waals surface area (Å²) in [5, 5.41) is 12.5. The topological polar surface area (TPSA) is 52.6 Å². The number of nitrogens with zero attached hydrogens (tertiary/aromatic N) is 1. The van der Waals surface area contributed by atoms with E-state index in [0.717, 1.165) is 25.8 Å². The molecule has 1 saturated heterocycles. The Labute approximate surface area is 110 Å². The highest BCUT2D eigenvalue weighted by atomic mass is 16.4. The summed E-state index contributed by atoms with van der Waals surface area (Å²) in [6, 6.07) is 1.38. The molecule has 3 atom stereocenters. The third-order valence-electron chi connectivity index (χ3n) is 4.41. The molecular formula is C14H26N2O2. The fraction of sp³-hybridized carbons (Fsp3) is 0.929. The molecule has 0 aromatic heterocycles. The van der Waals surface area contributed by atoms with E-state index in [1.54, 1.807) is 0 Å². The molecule has 2 N–H and O–H groups in total. The maximum atomic E-state index is 11.2. The number of hydrogen-bond donors (Lipinski definition) is 2. The van der Waals surface area contributed by atoms with Crippen molar-refractivity contribution in [3.8, 4) is 0 Å². The molecule has 3 unspecified atom stereocenters. The largest absolute Gasteiger partial charge is 0.480 e. The first-order chi connectivity index (χ1) is 8.61. The highest BCUT2D eigenvalue weighted by molar-refractivity contribution is 5.73. The molecule has 4 heteroatoms. The molecule has 1 heterocycles. The molecule has 1 aliphatic heterocycles. The first-order valence-electron chi connectivity index (χ1n) is 7.36. The van der Waals surface area contributed by atoms with Crippen LogP contribution in [0.15, 0.2) is 0 Å². The summed E-state index contributed by atoms with van der Waals surface area (Å²) in [6.07, 6.45) is 6.71. The van der Waals surface area contributed by atoms with Gasteiger partial charge in [0.05, 0.1) is 0 Å². The lowest BCUT2D eigenvalue weighted by Crippen LogP contribution is -2.43. The predicted molar refractivity (Wildman–Crippen MR) is 71.7 cm³/mol. The van der Waals surface area contributed by atoms with Gasteiger partial charge in [0, 0.05) is 24.7 Å². The van der Waals surface area contributed by atoms with Crippen molar-refractivity contribution >= 4 is 5.97 Å². The Morgan fingerprint density at radius 3 is 2.67 bits per heavy atom. The molecule has 4 nitrogen and oxygen atoms in total. The van der Waals surface area contributed by atoms with Crippen LogP contribution in [0.4, 0.5) is 0 Å². The predicted octanol–water partition coefficient (Wildman–Crippen LogP) is 1.84. The molecular weight excluding hydrogens is 228 g/mol. The van der Waals surface area contributed by atoms with Gasteiger partial charge in [-0.15, -0.1) is 0 Å². The van der Waals surface area contributed by atoms with Gasteiger partial charge in [-0.25, -0.2) is 0 Å². The summed E-state index contributed by atoms with van der Waals surface area (Å²) in [6.45, 7) is 5.41. The van der Waals surface area contributed by atoms with Crippen LogP contribution in [0.3, 0.4) is 0 Å². The number of carboxylic acid groups (broad SMARTS) is 1. The summed E-state index contributed by atoms with van der Waals surface area (Å²) in [5.74, 6) is -0.693. The molecule has 1 saturated carbocycles. The third kappa shape index (κ3) is 3.45. The van der Waals surface area contributed by atoms with Gasteiger partial charge < -0.3 is 10.4 Å². The quantitative estimate of drug-likeness (QED) is 0.728. The maximum Gasteiger partial charge on any atom is 0.320 e. The monoisotopic (exact) mass is 254 g/mol. The van der Waals surface area contributed by atoms with Gasteiger partial charge in [0.2, 0.25) is 0 Å². The fourth-order valence-electron chi connectivity index (χ4n) is 3.06. The van der Waals surface area contributed by atoms with E-state index in [9.17, 15) is 9.90 Å². The van der Waals surface area contributed by atoms with E-state index in [1.807, 2.05) is 0 Å². The van der Waals surface area contributed by atoms with Gasteiger partial charge >= 0.3 is 5.97 Å². The molecule has 0 amide bonds. The van der Waals surface area contributed by atoms with Gasteiger partial charge in [-0.1, -0.05) is 6.92 Å². The van der Waals surface area contributed by atoms with Crippen LogP contribution in [-0.2, 0) is 4.79 Å². The van der Waals surface area contributed by atoms with E-state index in [2.05, 4.69) is 24.1 Å². The van der Waals surface area contributed by atoms with Crippen molar-refractivity contribution in [3.05, 3.63) is 0 Å². The van der Waals surface area contributed by atoms with Gasteiger partial charge in [-0.2, -0.15) is 0 Å². The van der Waals surface area contributed by atoms with Crippen molar-refractivity contribution in [2.75, 3.05) is 6.54 Å². The normalized spacial score (nSPS) is 30.6. The van der Waals surface area contributed by atoms with Gasteiger partial charge in [0.25, 0.3) is 0 Å². The Hall–Kier alpha value is -0.610. The SMILES string of the molecule is CCC1CCC(C)N1CCC(NC1CC1)C(=O)O. The molecule has 0 radical (unpaired) electrons. The highest BCUT2D eigenvalue weighted by Crippen LogP contribution is 2.26. The first kappa shape index (κ1) is 13.8. The van der Waals surface area contributed by atoms with Crippen molar-refractivity contribution in [1.29, 1.82) is 0 Å². The van der Waals surface area contributed by atoms with Gasteiger partial charge in [0.15, 0.2) is 0 Å². The average Bonchev–Trinajstić information content (AvgIpc) is 3.08. The third-order valence-corrected chi connectivity index (χ3v) is 4.41. The van der Waals surface area contributed by atoms with Crippen molar-refractivity contribution < 1.29 is 9.90 Å². The van der Waals surface area contributed by atoms with Crippen molar-refractivity contribution in [3.63, 3.8) is 0 Å². The van der Waals surface area contributed by atoms with Crippen molar-refractivity contribution in [2.45, 2.75) is 76.5 Å². The molecule has 2 aliphatic rings. The van der Waals surface area contributed by atoms with Gasteiger partial charge in [-0.05, 0) is 45.4 Å². The standard InChI is InChI=1S/C14H26N2O2/c1-3-12-7-4-10(2)16(12)9-8-13(14(17)18)15-11-5-6-11/h10-13,15H,3-9H2,1-2H3,(H,17,18). The van der Waals surface area contributed by atoms with E-state index in [4.69, 9.17) is 0 Å². The summed E-state index contributed by atoms with van der Waals surface area (Å²) >= 11 is 0. The number of rotatable bonds is 7. The Kier molecular flexibility index (Phi) is 4.62. The zero-order valence-corrected chi connectivity index (χ0v) is 11.6. The number of hydrogen-bond acceptors (Lipinski definition) is 3. The number of carbonyl (C=O) groups is 1. The van der Waals surface area contributed by atoms with E-state index in [1.165, 1.54) is 19.3 Å². The lowest BCUT2D eigenvalue weighted by atomic mass is 10.1. The van der Waals surface area contributed by atoms with Crippen LogP contribution in [0.2, 0.25) is 0 Å². The minimum absolute atomic E-state index is 0.359. The van der Waals surface area contributed by atoms with E-state index < -0.39 is 5.97 Å². The molecule has 0 bridgehead atoms. The first-order valence-corrected chi connectivity index (χ1v) is 7.36. The highest BCUT2D eigenvalue weighted by Gasteiger charge is 2.32. The summed E-state index contributed by atoms with van der Waals surface area (Å²) in [5.41, 5.74) is 0. The van der Waals surface area contributed by atoms with Crippen LogP contribution in [0.25, 0.3) is 0 Å². The summed E-state index contributed by atoms with van der Waals surface area (Å²) in [4.78, 5) is 13.7. The van der Waals surface area contributed by atoms with E-state index in [-0.39, 0.29) is 6.04 Å². The molecule has 2 rings (SSSR count). The molecule has 0 aromatic rings. The van der Waals surface area contributed by atoms with Crippen LogP contribution in [0, 0.1) is 0 Å². The van der Waals surface area contributed by atoms with Gasteiger partial charge in [0.1, 0.15) is 6.04 Å². The zero-order chi connectivity index (χ0) is 13.1. The lowest BCUT2D eigenvalue weighted by molar-refractivity contribution is -0.139. The van der Waals surface area contributed by atoms with Crippen LogP contribution in [0.5, 0.6) is 0 Å². The molecule has 104 valence electrons. The minimum atomic E-state index is -0.693. The molecule has 18 heavy (non-hydrogen) atoms. The maximum absolute atomic E-state index is 11.2. The second-order valence-corrected chi connectivity index (χ2v) is 5.85. The Bertz CT molecular complexity index is 292. The Balaban J connectivity index is 1.81.